The third-order valence-electron chi connectivity index (χ3n) is 2.89. The van der Waals surface area contributed by atoms with E-state index >= 15 is 0 Å². The number of carbonyl (C=O) groups is 1. The highest BCUT2D eigenvalue weighted by Gasteiger charge is 2.18. The lowest BCUT2D eigenvalue weighted by Crippen LogP contribution is -2.32. The standard InChI is InChI=1S/C12H20BrN3O/c1-4-5-6-9(14)11(17)7-10-12(13)8(2)15-16(10)3/h9H,4-7,14H2,1-3H3. The van der Waals surface area contributed by atoms with E-state index in [1.54, 1.807) is 4.68 Å². The molecular formula is C12H20BrN3O. The highest BCUT2D eigenvalue weighted by atomic mass is 79.9. The van der Waals surface area contributed by atoms with Crippen LogP contribution in [0.15, 0.2) is 4.47 Å². The van der Waals surface area contributed by atoms with Crippen LogP contribution in [0, 0.1) is 6.92 Å². The molecule has 1 rings (SSSR count). The molecule has 0 spiro atoms. The maximum Gasteiger partial charge on any atom is 0.155 e. The molecule has 0 radical (unpaired) electrons. The van der Waals surface area contributed by atoms with Crippen molar-refractivity contribution in [3.05, 3.63) is 15.9 Å². The number of hydrogen-bond acceptors (Lipinski definition) is 3. The second-order valence-corrected chi connectivity index (χ2v) is 5.15. The zero-order chi connectivity index (χ0) is 13.0. The van der Waals surface area contributed by atoms with Gasteiger partial charge in [-0.15, -0.1) is 0 Å². The molecule has 0 aliphatic carbocycles. The van der Waals surface area contributed by atoms with Gasteiger partial charge < -0.3 is 5.73 Å². The van der Waals surface area contributed by atoms with Crippen LogP contribution < -0.4 is 5.73 Å². The molecule has 0 aliphatic heterocycles. The molecule has 0 saturated carbocycles. The van der Waals surface area contributed by atoms with Gasteiger partial charge >= 0.3 is 0 Å². The van der Waals surface area contributed by atoms with Crippen molar-refractivity contribution < 1.29 is 4.79 Å². The summed E-state index contributed by atoms with van der Waals surface area (Å²) in [5, 5.41) is 4.26. The third kappa shape index (κ3) is 3.64. The molecule has 0 aromatic carbocycles. The van der Waals surface area contributed by atoms with Crippen LogP contribution in [0.1, 0.15) is 37.6 Å². The SMILES string of the molecule is CCCCC(N)C(=O)Cc1c(Br)c(C)nn1C. The van der Waals surface area contributed by atoms with E-state index in [0.29, 0.717) is 6.42 Å². The van der Waals surface area contributed by atoms with Crippen LogP contribution >= 0.6 is 15.9 Å². The molecule has 1 aromatic heterocycles. The minimum absolute atomic E-state index is 0.0853. The molecule has 5 heteroatoms. The highest BCUT2D eigenvalue weighted by molar-refractivity contribution is 9.10. The van der Waals surface area contributed by atoms with Crippen LogP contribution in [0.25, 0.3) is 0 Å². The minimum Gasteiger partial charge on any atom is -0.321 e. The Morgan fingerprint density at radius 3 is 2.71 bits per heavy atom. The van der Waals surface area contributed by atoms with Gasteiger partial charge in [-0.2, -0.15) is 5.10 Å². The van der Waals surface area contributed by atoms with Crippen LogP contribution in [0.5, 0.6) is 0 Å². The van der Waals surface area contributed by atoms with Crippen LogP contribution in [0.3, 0.4) is 0 Å². The van der Waals surface area contributed by atoms with Crippen molar-refractivity contribution in [1.82, 2.24) is 9.78 Å². The Labute approximate surface area is 111 Å². The summed E-state index contributed by atoms with van der Waals surface area (Å²) in [6.07, 6.45) is 3.18. The lowest BCUT2D eigenvalue weighted by atomic mass is 10.0. The van der Waals surface area contributed by atoms with E-state index < -0.39 is 0 Å². The van der Waals surface area contributed by atoms with E-state index in [9.17, 15) is 4.79 Å². The fourth-order valence-electron chi connectivity index (χ4n) is 1.75. The molecular weight excluding hydrogens is 282 g/mol. The summed E-state index contributed by atoms with van der Waals surface area (Å²) in [5.41, 5.74) is 7.67. The van der Waals surface area contributed by atoms with E-state index in [0.717, 1.165) is 35.1 Å². The van der Waals surface area contributed by atoms with Gasteiger partial charge in [0.05, 0.1) is 28.3 Å². The first kappa shape index (κ1) is 14.4. The van der Waals surface area contributed by atoms with E-state index in [1.165, 1.54) is 0 Å². The van der Waals surface area contributed by atoms with Gasteiger partial charge in [0.25, 0.3) is 0 Å². The lowest BCUT2D eigenvalue weighted by Gasteiger charge is -2.10. The van der Waals surface area contributed by atoms with Crippen LogP contribution in [0.4, 0.5) is 0 Å². The number of halogens is 1. The molecule has 0 bridgehead atoms. The van der Waals surface area contributed by atoms with Crippen molar-refractivity contribution in [2.24, 2.45) is 12.8 Å². The van der Waals surface area contributed by atoms with Gasteiger partial charge in [-0.25, -0.2) is 0 Å². The van der Waals surface area contributed by atoms with Crippen molar-refractivity contribution in [3.63, 3.8) is 0 Å². The Morgan fingerprint density at radius 1 is 1.59 bits per heavy atom. The van der Waals surface area contributed by atoms with Crippen molar-refractivity contribution in [2.45, 2.75) is 45.6 Å². The van der Waals surface area contributed by atoms with Gasteiger partial charge in [-0.05, 0) is 29.3 Å². The first-order valence-corrected chi connectivity index (χ1v) is 6.73. The summed E-state index contributed by atoms with van der Waals surface area (Å²) in [4.78, 5) is 11.9. The molecule has 1 unspecified atom stereocenters. The maximum atomic E-state index is 11.9. The largest absolute Gasteiger partial charge is 0.321 e. The number of ketones is 1. The smallest absolute Gasteiger partial charge is 0.155 e. The molecule has 0 fully saturated rings. The lowest BCUT2D eigenvalue weighted by molar-refractivity contribution is -0.119. The Kier molecular flexibility index (Phi) is 5.33. The molecule has 17 heavy (non-hydrogen) atoms. The van der Waals surface area contributed by atoms with Crippen molar-refractivity contribution in [1.29, 1.82) is 0 Å². The Bertz CT molecular complexity index is 401. The second-order valence-electron chi connectivity index (χ2n) is 4.36. The predicted octanol–water partition coefficient (Wildman–Crippen LogP) is 2.12. The fourth-order valence-corrected chi connectivity index (χ4v) is 2.23. The molecule has 96 valence electrons. The monoisotopic (exact) mass is 301 g/mol. The summed E-state index contributed by atoms with van der Waals surface area (Å²) in [5.74, 6) is 0.0853. The molecule has 0 aliphatic rings. The Morgan fingerprint density at radius 2 is 2.24 bits per heavy atom. The van der Waals surface area contributed by atoms with Crippen LogP contribution in [0.2, 0.25) is 0 Å². The minimum atomic E-state index is -0.350. The van der Waals surface area contributed by atoms with Crippen molar-refractivity contribution in [2.75, 3.05) is 0 Å². The average molecular weight is 302 g/mol. The predicted molar refractivity (Wildman–Crippen MR) is 71.9 cm³/mol. The highest BCUT2D eigenvalue weighted by Crippen LogP contribution is 2.21. The molecule has 0 amide bonds. The van der Waals surface area contributed by atoms with Gasteiger partial charge in [-0.1, -0.05) is 19.8 Å². The first-order chi connectivity index (χ1) is 7.97. The number of aromatic nitrogens is 2. The number of aryl methyl sites for hydroxylation is 2. The van der Waals surface area contributed by atoms with Gasteiger partial charge in [0.2, 0.25) is 0 Å². The summed E-state index contributed by atoms with van der Waals surface area (Å²) in [7, 11) is 1.85. The summed E-state index contributed by atoms with van der Waals surface area (Å²) >= 11 is 3.45. The van der Waals surface area contributed by atoms with Crippen molar-refractivity contribution >= 4 is 21.7 Å². The molecule has 0 saturated heterocycles. The topological polar surface area (TPSA) is 60.9 Å². The molecule has 1 aromatic rings. The van der Waals surface area contributed by atoms with Gasteiger partial charge in [0, 0.05) is 7.05 Å². The average Bonchev–Trinajstić information content (AvgIpc) is 2.52. The quantitative estimate of drug-likeness (QED) is 0.875. The molecule has 2 N–H and O–H groups in total. The normalized spacial score (nSPS) is 12.8. The van der Waals surface area contributed by atoms with Gasteiger partial charge in [0.15, 0.2) is 5.78 Å². The number of hydrogen-bond donors (Lipinski definition) is 1. The van der Waals surface area contributed by atoms with Crippen molar-refractivity contribution in [3.8, 4) is 0 Å². The number of nitrogens with two attached hydrogens (primary N) is 1. The summed E-state index contributed by atoms with van der Waals surface area (Å²) in [6.45, 7) is 4.01. The Hall–Kier alpha value is -0.680. The van der Waals surface area contributed by atoms with Gasteiger partial charge in [0.1, 0.15) is 0 Å². The Balaban J connectivity index is 2.67. The fraction of sp³-hybridized carbons (Fsp3) is 0.667. The van der Waals surface area contributed by atoms with Crippen LogP contribution in [-0.2, 0) is 18.3 Å². The van der Waals surface area contributed by atoms with E-state index in [2.05, 4.69) is 28.0 Å². The van der Waals surface area contributed by atoms with E-state index in [1.807, 2.05) is 14.0 Å². The molecule has 4 nitrogen and oxygen atoms in total. The van der Waals surface area contributed by atoms with E-state index in [4.69, 9.17) is 5.73 Å². The van der Waals surface area contributed by atoms with Crippen LogP contribution in [-0.4, -0.2) is 21.6 Å². The molecule has 1 heterocycles. The first-order valence-electron chi connectivity index (χ1n) is 5.93. The van der Waals surface area contributed by atoms with E-state index in [-0.39, 0.29) is 11.8 Å². The molecule has 1 atom stereocenters. The number of rotatable bonds is 6. The zero-order valence-corrected chi connectivity index (χ0v) is 12.2. The van der Waals surface area contributed by atoms with Gasteiger partial charge in [-0.3, -0.25) is 9.48 Å². The maximum absolute atomic E-state index is 11.9. The summed E-state index contributed by atoms with van der Waals surface area (Å²) < 4.78 is 2.65. The third-order valence-corrected chi connectivity index (χ3v) is 3.92. The zero-order valence-electron chi connectivity index (χ0n) is 10.7. The number of Topliss-reactive ketones (excluding diaryl/α,β-unsaturated/α-hetero) is 1. The number of carbonyl (C=O) groups excluding carboxylic acids is 1. The summed E-state index contributed by atoms with van der Waals surface area (Å²) in [6, 6.07) is -0.350. The number of nitrogens with zero attached hydrogens (tertiary/aromatic N) is 2. The number of unbranched alkanes of at least 4 members (excludes halogenated alkanes) is 1. The second kappa shape index (κ2) is 6.31.